The van der Waals surface area contributed by atoms with Crippen LogP contribution in [-0.4, -0.2) is 25.0 Å². The first-order chi connectivity index (χ1) is 12.1. The maximum absolute atomic E-state index is 12.8. The van der Waals surface area contributed by atoms with E-state index >= 15 is 0 Å². The van der Waals surface area contributed by atoms with E-state index in [1.165, 1.54) is 12.1 Å². The quantitative estimate of drug-likeness (QED) is 0.342. The molecule has 0 heterocycles. The molecule has 7 heteroatoms. The molecule has 0 radical (unpaired) electrons. The second-order valence-electron chi connectivity index (χ2n) is 4.84. The maximum atomic E-state index is 12.8. The Morgan fingerprint density at radius 1 is 1.24 bits per heavy atom. The maximum Gasteiger partial charge on any atom is 0.191 e. The lowest BCUT2D eigenvalue weighted by Crippen LogP contribution is -2.23. The van der Waals surface area contributed by atoms with Gasteiger partial charge in [0.25, 0.3) is 0 Å². The van der Waals surface area contributed by atoms with Crippen LogP contribution in [0.2, 0.25) is 0 Å². The molecule has 2 N–H and O–H groups in total. The van der Waals surface area contributed by atoms with Gasteiger partial charge in [-0.05, 0) is 60.2 Å². The second kappa shape index (κ2) is 9.39. The average molecular weight is 359 g/mol. The van der Waals surface area contributed by atoms with E-state index in [0.717, 1.165) is 5.56 Å². The van der Waals surface area contributed by atoms with E-state index in [0.29, 0.717) is 28.9 Å². The van der Waals surface area contributed by atoms with E-state index in [1.807, 2.05) is 6.07 Å². The summed E-state index contributed by atoms with van der Waals surface area (Å²) in [6.07, 6.45) is 3.26. The smallest absolute Gasteiger partial charge is 0.191 e. The van der Waals surface area contributed by atoms with Crippen molar-refractivity contribution in [1.29, 1.82) is 0 Å². The van der Waals surface area contributed by atoms with Gasteiger partial charge in [-0.3, -0.25) is 5.43 Å². The molecule has 0 aromatic heterocycles. The van der Waals surface area contributed by atoms with Crippen molar-refractivity contribution < 1.29 is 13.9 Å². The Kier molecular flexibility index (Phi) is 6.91. The number of ether oxygens (including phenoxy) is 2. The highest BCUT2D eigenvalue weighted by molar-refractivity contribution is 7.80. The molecule has 0 saturated carbocycles. The number of hydrogen-bond donors (Lipinski definition) is 2. The first-order valence-electron chi connectivity index (χ1n) is 7.39. The highest BCUT2D eigenvalue weighted by Crippen LogP contribution is 2.27. The minimum atomic E-state index is -0.308. The van der Waals surface area contributed by atoms with Gasteiger partial charge in [-0.2, -0.15) is 5.10 Å². The van der Waals surface area contributed by atoms with Crippen LogP contribution in [0.15, 0.2) is 60.2 Å². The fourth-order valence-corrected chi connectivity index (χ4v) is 2.06. The molecule has 0 aliphatic carbocycles. The van der Waals surface area contributed by atoms with Gasteiger partial charge in [0.05, 0.1) is 13.3 Å². The number of benzene rings is 2. The van der Waals surface area contributed by atoms with Crippen LogP contribution in [0.25, 0.3) is 0 Å². The lowest BCUT2D eigenvalue weighted by Gasteiger charge is -2.09. The van der Waals surface area contributed by atoms with Crippen LogP contribution in [0.4, 0.5) is 10.1 Å². The zero-order valence-electron chi connectivity index (χ0n) is 13.7. The van der Waals surface area contributed by atoms with E-state index in [4.69, 9.17) is 21.7 Å². The lowest BCUT2D eigenvalue weighted by molar-refractivity contribution is 0.326. The summed E-state index contributed by atoms with van der Waals surface area (Å²) < 4.78 is 23.6. The van der Waals surface area contributed by atoms with Crippen LogP contribution >= 0.6 is 12.2 Å². The monoisotopic (exact) mass is 359 g/mol. The predicted molar refractivity (Wildman–Crippen MR) is 102 cm³/mol. The lowest BCUT2D eigenvalue weighted by atomic mass is 10.2. The molecule has 0 atom stereocenters. The predicted octanol–water partition coefficient (Wildman–Crippen LogP) is 3.72. The molecular formula is C18H18FN3O2S. The van der Waals surface area contributed by atoms with Gasteiger partial charge in [-0.15, -0.1) is 0 Å². The van der Waals surface area contributed by atoms with Crippen molar-refractivity contribution in [2.24, 2.45) is 5.10 Å². The highest BCUT2D eigenvalue weighted by Gasteiger charge is 2.04. The van der Waals surface area contributed by atoms with E-state index in [-0.39, 0.29) is 5.82 Å². The van der Waals surface area contributed by atoms with Gasteiger partial charge in [0.1, 0.15) is 12.4 Å². The summed E-state index contributed by atoms with van der Waals surface area (Å²) in [5, 5.41) is 7.25. The second-order valence-corrected chi connectivity index (χ2v) is 5.25. The van der Waals surface area contributed by atoms with Crippen molar-refractivity contribution in [1.82, 2.24) is 5.43 Å². The summed E-state index contributed by atoms with van der Waals surface area (Å²) in [7, 11) is 1.57. The molecule has 25 heavy (non-hydrogen) atoms. The van der Waals surface area contributed by atoms with Crippen LogP contribution in [0, 0.1) is 5.82 Å². The molecule has 2 aromatic rings. The van der Waals surface area contributed by atoms with Gasteiger partial charge < -0.3 is 14.8 Å². The summed E-state index contributed by atoms with van der Waals surface area (Å²) in [5.74, 6) is 0.913. The molecule has 0 bridgehead atoms. The fourth-order valence-electron chi connectivity index (χ4n) is 1.89. The minimum Gasteiger partial charge on any atom is -0.493 e. The molecule has 5 nitrogen and oxygen atoms in total. The molecule has 0 aliphatic heterocycles. The molecule has 2 aromatic carbocycles. The van der Waals surface area contributed by atoms with E-state index in [2.05, 4.69) is 22.4 Å². The topological polar surface area (TPSA) is 54.9 Å². The van der Waals surface area contributed by atoms with Gasteiger partial charge in [-0.25, -0.2) is 4.39 Å². The van der Waals surface area contributed by atoms with Crippen LogP contribution in [0.1, 0.15) is 5.56 Å². The number of nitrogens with one attached hydrogen (secondary N) is 2. The van der Waals surface area contributed by atoms with Crippen LogP contribution < -0.4 is 20.2 Å². The van der Waals surface area contributed by atoms with Gasteiger partial charge in [-0.1, -0.05) is 12.7 Å². The van der Waals surface area contributed by atoms with Crippen molar-refractivity contribution in [3.05, 3.63) is 66.5 Å². The molecule has 0 amide bonds. The molecular weight excluding hydrogens is 341 g/mol. The Hall–Kier alpha value is -2.93. The van der Waals surface area contributed by atoms with E-state index in [9.17, 15) is 4.39 Å². The molecule has 0 saturated heterocycles. The first-order valence-corrected chi connectivity index (χ1v) is 7.80. The van der Waals surface area contributed by atoms with E-state index < -0.39 is 0 Å². The number of hydrogen-bond acceptors (Lipinski definition) is 4. The summed E-state index contributed by atoms with van der Waals surface area (Å²) >= 11 is 5.12. The average Bonchev–Trinajstić information content (AvgIpc) is 2.62. The van der Waals surface area contributed by atoms with Gasteiger partial charge in [0.2, 0.25) is 0 Å². The first kappa shape index (κ1) is 18.4. The number of hydrazone groups is 1. The van der Waals surface area contributed by atoms with Crippen molar-refractivity contribution >= 4 is 29.2 Å². The van der Waals surface area contributed by atoms with Crippen molar-refractivity contribution in [3.8, 4) is 11.5 Å². The standard InChI is InChI=1S/C18H18FN3O2S/c1-3-10-24-16-9-4-13(11-17(16)23-2)12-20-22-18(25)21-15-7-5-14(19)6-8-15/h3-9,11-12H,1,10H2,2H3,(H2,21,22,25)/b20-12-. The molecule has 0 spiro atoms. The molecule has 130 valence electrons. The Morgan fingerprint density at radius 2 is 2.00 bits per heavy atom. The van der Waals surface area contributed by atoms with Crippen LogP contribution in [-0.2, 0) is 0 Å². The van der Waals surface area contributed by atoms with Gasteiger partial charge in [0, 0.05) is 5.69 Å². The largest absolute Gasteiger partial charge is 0.493 e. The highest BCUT2D eigenvalue weighted by atomic mass is 32.1. The summed E-state index contributed by atoms with van der Waals surface area (Å²) in [6.45, 7) is 4.01. The van der Waals surface area contributed by atoms with Crippen molar-refractivity contribution in [2.75, 3.05) is 19.0 Å². The van der Waals surface area contributed by atoms with Gasteiger partial charge >= 0.3 is 0 Å². The summed E-state index contributed by atoms with van der Waals surface area (Å²) in [5.41, 5.74) is 4.16. The molecule has 0 fully saturated rings. The zero-order chi connectivity index (χ0) is 18.1. The Labute approximate surface area is 151 Å². The number of nitrogens with zero attached hydrogens (tertiary/aromatic N) is 1. The number of halogens is 1. The summed E-state index contributed by atoms with van der Waals surface area (Å²) in [4.78, 5) is 0. The zero-order valence-corrected chi connectivity index (χ0v) is 14.5. The SMILES string of the molecule is C=CCOc1ccc(/C=N\NC(=S)Nc2ccc(F)cc2)cc1OC. The minimum absolute atomic E-state index is 0.292. The van der Waals surface area contributed by atoms with Crippen molar-refractivity contribution in [3.63, 3.8) is 0 Å². The van der Waals surface area contributed by atoms with Crippen LogP contribution in [0.5, 0.6) is 11.5 Å². The Bertz CT molecular complexity index is 763. The number of rotatable bonds is 7. The third-order valence-corrected chi connectivity index (χ3v) is 3.22. The van der Waals surface area contributed by atoms with Crippen LogP contribution in [0.3, 0.4) is 0 Å². The van der Waals surface area contributed by atoms with Crippen molar-refractivity contribution in [2.45, 2.75) is 0 Å². The number of anilines is 1. The Balaban J connectivity index is 1.93. The number of thiocarbonyl (C=S) groups is 1. The third kappa shape index (κ3) is 5.89. The molecule has 2 rings (SSSR count). The Morgan fingerprint density at radius 3 is 2.68 bits per heavy atom. The fraction of sp³-hybridized carbons (Fsp3) is 0.111. The summed E-state index contributed by atoms with van der Waals surface area (Å²) in [6, 6.07) is 11.3. The van der Waals surface area contributed by atoms with Gasteiger partial charge in [0.15, 0.2) is 16.6 Å². The molecule has 0 unspecified atom stereocenters. The third-order valence-electron chi connectivity index (χ3n) is 3.03. The number of methoxy groups -OCH3 is 1. The van der Waals surface area contributed by atoms with E-state index in [1.54, 1.807) is 43.7 Å². The normalized spacial score (nSPS) is 10.3. The molecule has 0 aliphatic rings.